The summed E-state index contributed by atoms with van der Waals surface area (Å²) in [6.07, 6.45) is -5.22. The van der Waals surface area contributed by atoms with Crippen LogP contribution in [0.5, 0.6) is 0 Å². The smallest absolute Gasteiger partial charge is 0.416 e. The van der Waals surface area contributed by atoms with Crippen molar-refractivity contribution in [1.82, 2.24) is 5.32 Å². The van der Waals surface area contributed by atoms with E-state index in [0.717, 1.165) is 12.1 Å². The average molecular weight is 413 g/mol. The summed E-state index contributed by atoms with van der Waals surface area (Å²) in [5.41, 5.74) is 5.53. The third-order valence-corrected chi connectivity index (χ3v) is 3.10. The highest BCUT2D eigenvalue weighted by Crippen LogP contribution is 2.34. The zero-order valence-electron chi connectivity index (χ0n) is 16.1. The summed E-state index contributed by atoms with van der Waals surface area (Å²) < 4.78 is 44.0. The second-order valence-electron chi connectivity index (χ2n) is 6.71. The summed E-state index contributed by atoms with van der Waals surface area (Å²) in [6, 6.07) is 4.39. The van der Waals surface area contributed by atoms with Crippen molar-refractivity contribution in [2.45, 2.75) is 32.5 Å². The number of rotatable bonds is 7. The fraction of sp³-hybridized carbons (Fsp3) is 0.412. The summed E-state index contributed by atoms with van der Waals surface area (Å²) in [4.78, 5) is 11.6. The number of nitrogens with zero attached hydrogens (tertiary/aromatic N) is 2. The van der Waals surface area contributed by atoms with Gasteiger partial charge in [0.15, 0.2) is 5.84 Å². The van der Waals surface area contributed by atoms with Gasteiger partial charge in [0.1, 0.15) is 11.7 Å². The molecule has 0 aliphatic rings. The maximum Gasteiger partial charge on any atom is 0.416 e. The molecular formula is C17H22F3N7O2. The molecule has 0 aliphatic heterocycles. The Morgan fingerprint density at radius 2 is 1.93 bits per heavy atom. The van der Waals surface area contributed by atoms with Gasteiger partial charge in [-0.05, 0) is 39.0 Å². The second-order valence-corrected chi connectivity index (χ2v) is 6.71. The molecule has 0 heterocycles. The predicted molar refractivity (Wildman–Crippen MR) is 103 cm³/mol. The van der Waals surface area contributed by atoms with Crippen molar-refractivity contribution in [3.8, 4) is 6.07 Å². The van der Waals surface area contributed by atoms with Crippen molar-refractivity contribution in [3.05, 3.63) is 23.8 Å². The monoisotopic (exact) mass is 413 g/mol. The lowest BCUT2D eigenvalue weighted by Gasteiger charge is -2.20. The zero-order chi connectivity index (χ0) is 22.2. The van der Waals surface area contributed by atoms with Gasteiger partial charge in [0.2, 0.25) is 5.71 Å². The molecule has 1 rings (SSSR count). The van der Waals surface area contributed by atoms with Crippen molar-refractivity contribution in [2.24, 2.45) is 10.8 Å². The number of hydrazone groups is 1. The second kappa shape index (κ2) is 9.63. The van der Waals surface area contributed by atoms with Gasteiger partial charge >= 0.3 is 12.3 Å². The Hall–Kier alpha value is -3.49. The molecule has 0 aliphatic carbocycles. The number of nitrogens with two attached hydrogens (primary N) is 1. The van der Waals surface area contributed by atoms with Gasteiger partial charge in [0, 0.05) is 13.1 Å². The van der Waals surface area contributed by atoms with Gasteiger partial charge in [-0.25, -0.2) is 4.79 Å². The van der Waals surface area contributed by atoms with Gasteiger partial charge in [-0.3, -0.25) is 10.8 Å². The number of alkyl carbamates (subject to hydrolysis) is 1. The van der Waals surface area contributed by atoms with E-state index in [2.05, 4.69) is 21.2 Å². The summed E-state index contributed by atoms with van der Waals surface area (Å²) >= 11 is 0. The van der Waals surface area contributed by atoms with E-state index in [9.17, 15) is 18.0 Å². The Labute approximate surface area is 165 Å². The lowest BCUT2D eigenvalue weighted by Crippen LogP contribution is -2.35. The first kappa shape index (κ1) is 23.5. The van der Waals surface area contributed by atoms with Crippen molar-refractivity contribution in [3.63, 3.8) is 0 Å². The number of nitriles is 1. The summed E-state index contributed by atoms with van der Waals surface area (Å²) in [6.45, 7) is 5.43. The minimum atomic E-state index is -4.59. The van der Waals surface area contributed by atoms with Crippen molar-refractivity contribution in [2.75, 3.05) is 23.8 Å². The molecule has 0 unspecified atom stereocenters. The van der Waals surface area contributed by atoms with Crippen LogP contribution in [0, 0.1) is 16.7 Å². The zero-order valence-corrected chi connectivity index (χ0v) is 16.1. The van der Waals surface area contributed by atoms with Crippen molar-refractivity contribution < 1.29 is 22.7 Å². The number of alkyl halides is 3. The molecule has 29 heavy (non-hydrogen) atoms. The highest BCUT2D eigenvalue weighted by molar-refractivity contribution is 6.45. The fourth-order valence-corrected chi connectivity index (χ4v) is 1.90. The molecule has 0 aromatic heterocycles. The van der Waals surface area contributed by atoms with E-state index >= 15 is 0 Å². The number of nitrogens with one attached hydrogen (secondary N) is 4. The lowest BCUT2D eigenvalue weighted by atomic mass is 10.1. The van der Waals surface area contributed by atoms with Crippen LogP contribution in [0.2, 0.25) is 0 Å². The third-order valence-electron chi connectivity index (χ3n) is 3.10. The van der Waals surface area contributed by atoms with Crippen LogP contribution < -0.4 is 21.8 Å². The van der Waals surface area contributed by atoms with Gasteiger partial charge in [0.05, 0.1) is 16.9 Å². The standard InChI is InChI=1S/C17H22F3N7O2/c1-16(2,3)29-15(28)25-7-6-24-11-5-4-10(17(18,19)20)8-12(11)26-27-13(9-21)14(22)23/h4-5,8,24,26H,6-7H2,1-3H3,(H3,22,23)(H,25,28)/b27-13+. The van der Waals surface area contributed by atoms with Gasteiger partial charge in [-0.15, -0.1) is 0 Å². The van der Waals surface area contributed by atoms with Crippen LogP contribution in [-0.2, 0) is 10.9 Å². The van der Waals surface area contributed by atoms with Gasteiger partial charge in [-0.1, -0.05) is 0 Å². The van der Waals surface area contributed by atoms with E-state index in [1.165, 1.54) is 6.07 Å². The minimum Gasteiger partial charge on any atom is -0.444 e. The lowest BCUT2D eigenvalue weighted by molar-refractivity contribution is -0.137. The van der Waals surface area contributed by atoms with Crippen LogP contribution in [-0.4, -0.2) is 36.3 Å². The number of ether oxygens (including phenoxy) is 1. The molecule has 158 valence electrons. The van der Waals surface area contributed by atoms with Crippen LogP contribution in [0.1, 0.15) is 26.3 Å². The Kier molecular flexibility index (Phi) is 7.82. The van der Waals surface area contributed by atoms with E-state index in [1.807, 2.05) is 0 Å². The van der Waals surface area contributed by atoms with E-state index in [0.29, 0.717) is 0 Å². The number of hydrogen-bond acceptors (Lipinski definition) is 7. The quantitative estimate of drug-likeness (QED) is 0.201. The molecule has 0 saturated carbocycles. The maximum absolute atomic E-state index is 13.0. The largest absolute Gasteiger partial charge is 0.444 e. The Morgan fingerprint density at radius 3 is 2.45 bits per heavy atom. The van der Waals surface area contributed by atoms with Crippen LogP contribution in [0.4, 0.5) is 29.3 Å². The van der Waals surface area contributed by atoms with Crippen LogP contribution >= 0.6 is 0 Å². The molecule has 0 radical (unpaired) electrons. The van der Waals surface area contributed by atoms with Crippen LogP contribution in [0.3, 0.4) is 0 Å². The Bertz CT molecular complexity index is 824. The molecule has 9 nitrogen and oxygen atoms in total. The van der Waals surface area contributed by atoms with E-state index in [-0.39, 0.29) is 24.5 Å². The molecule has 1 aromatic rings. The van der Waals surface area contributed by atoms with Crippen molar-refractivity contribution >= 4 is 29.0 Å². The first-order valence-electron chi connectivity index (χ1n) is 8.33. The predicted octanol–water partition coefficient (Wildman–Crippen LogP) is 2.87. The van der Waals surface area contributed by atoms with Crippen LogP contribution in [0.25, 0.3) is 0 Å². The van der Waals surface area contributed by atoms with E-state index < -0.39 is 35.0 Å². The Balaban J connectivity index is 2.89. The first-order chi connectivity index (χ1) is 13.3. The molecule has 0 fully saturated rings. The number of anilines is 2. The summed E-state index contributed by atoms with van der Waals surface area (Å²) in [5.74, 6) is -0.636. The molecular weight excluding hydrogens is 391 g/mol. The average Bonchev–Trinajstić information content (AvgIpc) is 2.57. The topological polar surface area (TPSA) is 148 Å². The maximum atomic E-state index is 13.0. The number of amides is 1. The molecule has 0 atom stereocenters. The van der Waals surface area contributed by atoms with Gasteiger partial charge < -0.3 is 21.1 Å². The van der Waals surface area contributed by atoms with Crippen molar-refractivity contribution in [1.29, 1.82) is 10.7 Å². The normalized spacial score (nSPS) is 12.0. The van der Waals surface area contributed by atoms with Gasteiger partial charge in [0.25, 0.3) is 0 Å². The fourth-order valence-electron chi connectivity index (χ4n) is 1.90. The minimum absolute atomic E-state index is 0.0916. The molecule has 0 spiro atoms. The first-order valence-corrected chi connectivity index (χ1v) is 8.33. The Morgan fingerprint density at radius 1 is 1.28 bits per heavy atom. The summed E-state index contributed by atoms with van der Waals surface area (Å²) in [7, 11) is 0. The number of benzene rings is 1. The molecule has 1 aromatic carbocycles. The highest BCUT2D eigenvalue weighted by atomic mass is 19.4. The number of hydrogen-bond donors (Lipinski definition) is 5. The number of amidine groups is 1. The molecule has 6 N–H and O–H groups in total. The van der Waals surface area contributed by atoms with Crippen LogP contribution in [0.15, 0.2) is 23.3 Å². The third kappa shape index (κ3) is 8.37. The number of carbonyl (C=O) groups is 1. The highest BCUT2D eigenvalue weighted by Gasteiger charge is 2.31. The number of halogens is 3. The van der Waals surface area contributed by atoms with Gasteiger partial charge in [-0.2, -0.15) is 23.5 Å². The summed E-state index contributed by atoms with van der Waals surface area (Å²) in [5, 5.41) is 24.9. The SMILES string of the molecule is CC(C)(C)OC(=O)NCCNc1ccc(C(F)(F)F)cc1N/N=C(\C#N)C(=N)N. The molecule has 0 saturated heterocycles. The molecule has 0 bridgehead atoms. The van der Waals surface area contributed by atoms with E-state index in [4.69, 9.17) is 21.1 Å². The molecule has 12 heteroatoms. The molecule has 1 amide bonds. The van der Waals surface area contributed by atoms with E-state index in [1.54, 1.807) is 26.8 Å². The number of carbonyl (C=O) groups excluding carboxylic acids is 1.